The number of aromatic nitrogens is 3. The van der Waals surface area contributed by atoms with Crippen molar-refractivity contribution in [1.82, 2.24) is 19.4 Å². The van der Waals surface area contributed by atoms with Crippen LogP contribution in [0.3, 0.4) is 0 Å². The van der Waals surface area contributed by atoms with Gasteiger partial charge in [-0.25, -0.2) is 14.5 Å². The predicted octanol–water partition coefficient (Wildman–Crippen LogP) is 3.90. The number of carbonyl (C=O) groups is 1. The first-order valence-corrected chi connectivity index (χ1v) is 11.2. The number of pyridine rings is 1. The van der Waals surface area contributed by atoms with Crippen LogP contribution < -0.4 is 5.56 Å². The second-order valence-electron chi connectivity index (χ2n) is 6.86. The molecule has 0 saturated carbocycles. The second-order valence-corrected chi connectivity index (χ2v) is 8.84. The van der Waals surface area contributed by atoms with Crippen molar-refractivity contribution >= 4 is 39.9 Å². The number of thioether (sulfide) groups is 1. The molecular formula is C22H20N4O2S2. The number of thiophene rings is 1. The first-order chi connectivity index (χ1) is 14.5. The van der Waals surface area contributed by atoms with Crippen molar-refractivity contribution in [3.63, 3.8) is 0 Å². The van der Waals surface area contributed by atoms with E-state index < -0.39 is 0 Å². The summed E-state index contributed by atoms with van der Waals surface area (Å²) in [6.45, 7) is 2.51. The standard InChI is InChI=1S/C22H20N4O2S2/c1-15-9-10-23-19(12-15)26-21(28)17-7-3-4-8-18(17)24-22(26)30-14-20(27)25(2)13-16-6-5-11-29-16/h3-12H,13-14H2,1-2H3. The Morgan fingerprint density at radius 1 is 1.20 bits per heavy atom. The van der Waals surface area contributed by atoms with Crippen molar-refractivity contribution in [2.24, 2.45) is 0 Å². The Bertz CT molecular complexity index is 1250. The zero-order valence-electron chi connectivity index (χ0n) is 16.6. The van der Waals surface area contributed by atoms with E-state index in [1.54, 1.807) is 41.6 Å². The SMILES string of the molecule is Cc1ccnc(-n2c(SCC(=O)N(C)Cc3cccs3)nc3ccccc3c2=O)c1. The van der Waals surface area contributed by atoms with Crippen molar-refractivity contribution < 1.29 is 4.79 Å². The van der Waals surface area contributed by atoms with Crippen LogP contribution in [0.2, 0.25) is 0 Å². The number of aryl methyl sites for hydroxylation is 1. The van der Waals surface area contributed by atoms with Crippen LogP contribution in [0.5, 0.6) is 0 Å². The quantitative estimate of drug-likeness (QED) is 0.339. The Kier molecular flexibility index (Phi) is 5.96. The molecule has 0 atom stereocenters. The van der Waals surface area contributed by atoms with Crippen LogP contribution in [-0.2, 0) is 11.3 Å². The Morgan fingerprint density at radius 3 is 2.80 bits per heavy atom. The molecule has 0 aliphatic rings. The number of hydrogen-bond acceptors (Lipinski definition) is 6. The number of hydrogen-bond donors (Lipinski definition) is 0. The predicted molar refractivity (Wildman–Crippen MR) is 121 cm³/mol. The number of rotatable bonds is 6. The average molecular weight is 437 g/mol. The molecule has 0 spiro atoms. The van der Waals surface area contributed by atoms with Crippen LogP contribution in [0.25, 0.3) is 16.7 Å². The topological polar surface area (TPSA) is 68.1 Å². The minimum absolute atomic E-state index is 0.0282. The van der Waals surface area contributed by atoms with E-state index in [0.29, 0.717) is 28.4 Å². The van der Waals surface area contributed by atoms with Gasteiger partial charge in [-0.1, -0.05) is 30.0 Å². The summed E-state index contributed by atoms with van der Waals surface area (Å²) in [6.07, 6.45) is 1.67. The molecule has 6 nitrogen and oxygen atoms in total. The van der Waals surface area contributed by atoms with Crippen LogP contribution >= 0.6 is 23.1 Å². The van der Waals surface area contributed by atoms with Crippen molar-refractivity contribution in [2.75, 3.05) is 12.8 Å². The summed E-state index contributed by atoms with van der Waals surface area (Å²) in [5.41, 5.74) is 1.40. The second kappa shape index (κ2) is 8.81. The van der Waals surface area contributed by atoms with Gasteiger partial charge in [0, 0.05) is 18.1 Å². The normalized spacial score (nSPS) is 11.0. The Balaban J connectivity index is 1.66. The molecule has 152 valence electrons. The summed E-state index contributed by atoms with van der Waals surface area (Å²) in [7, 11) is 1.78. The van der Waals surface area contributed by atoms with Gasteiger partial charge < -0.3 is 4.90 Å². The summed E-state index contributed by atoms with van der Waals surface area (Å²) < 4.78 is 1.49. The van der Waals surface area contributed by atoms with Gasteiger partial charge in [0.2, 0.25) is 5.91 Å². The van der Waals surface area contributed by atoms with Gasteiger partial charge in [0.05, 0.1) is 23.2 Å². The van der Waals surface area contributed by atoms with Gasteiger partial charge in [0.15, 0.2) is 5.16 Å². The fourth-order valence-corrected chi connectivity index (χ4v) is 4.71. The molecule has 8 heteroatoms. The number of benzene rings is 1. The van der Waals surface area contributed by atoms with Crippen LogP contribution in [0.4, 0.5) is 0 Å². The molecule has 3 heterocycles. The first kappa shape index (κ1) is 20.3. The third kappa shape index (κ3) is 4.29. The van der Waals surface area contributed by atoms with E-state index in [1.165, 1.54) is 16.3 Å². The molecule has 0 aliphatic heterocycles. The van der Waals surface area contributed by atoms with Gasteiger partial charge in [-0.3, -0.25) is 9.59 Å². The maximum Gasteiger partial charge on any atom is 0.267 e. The van der Waals surface area contributed by atoms with Gasteiger partial charge in [-0.05, 0) is 48.2 Å². The lowest BCUT2D eigenvalue weighted by Gasteiger charge is -2.17. The molecule has 0 bridgehead atoms. The number of nitrogens with zero attached hydrogens (tertiary/aromatic N) is 4. The number of para-hydroxylation sites is 1. The molecule has 4 aromatic rings. The van der Waals surface area contributed by atoms with Crippen LogP contribution in [0.1, 0.15) is 10.4 Å². The Hall–Kier alpha value is -2.97. The zero-order chi connectivity index (χ0) is 21.1. The van der Waals surface area contributed by atoms with E-state index in [0.717, 1.165) is 10.4 Å². The number of amides is 1. The molecular weight excluding hydrogens is 416 g/mol. The molecule has 1 amide bonds. The molecule has 0 radical (unpaired) electrons. The van der Waals surface area contributed by atoms with Gasteiger partial charge in [-0.2, -0.15) is 0 Å². The molecule has 0 unspecified atom stereocenters. The summed E-state index contributed by atoms with van der Waals surface area (Å²) in [5, 5.41) is 2.97. The lowest BCUT2D eigenvalue weighted by molar-refractivity contribution is -0.127. The smallest absolute Gasteiger partial charge is 0.267 e. The van der Waals surface area contributed by atoms with Crippen molar-refractivity contribution in [3.05, 3.63) is 80.9 Å². The molecule has 0 saturated heterocycles. The molecule has 0 aliphatic carbocycles. The van der Waals surface area contributed by atoms with Crippen LogP contribution in [0.15, 0.2) is 70.1 Å². The zero-order valence-corrected chi connectivity index (χ0v) is 18.2. The number of carbonyl (C=O) groups excluding carboxylic acids is 1. The Labute approximate surface area is 182 Å². The monoisotopic (exact) mass is 436 g/mol. The summed E-state index contributed by atoms with van der Waals surface area (Å²) in [6, 6.07) is 14.9. The van der Waals surface area contributed by atoms with E-state index in [9.17, 15) is 9.59 Å². The highest BCUT2D eigenvalue weighted by Crippen LogP contribution is 2.21. The van der Waals surface area contributed by atoms with Crippen LogP contribution in [-0.4, -0.2) is 38.1 Å². The molecule has 3 aromatic heterocycles. The molecule has 1 aromatic carbocycles. The van der Waals surface area contributed by atoms with Crippen LogP contribution in [0, 0.1) is 6.92 Å². The van der Waals surface area contributed by atoms with Crippen molar-refractivity contribution in [3.8, 4) is 5.82 Å². The van der Waals surface area contributed by atoms with Crippen molar-refractivity contribution in [2.45, 2.75) is 18.6 Å². The lowest BCUT2D eigenvalue weighted by atomic mass is 10.2. The fraction of sp³-hybridized carbons (Fsp3) is 0.182. The summed E-state index contributed by atoms with van der Waals surface area (Å²) in [4.78, 5) is 37.7. The number of fused-ring (bicyclic) bond motifs is 1. The minimum atomic E-state index is -0.194. The van der Waals surface area contributed by atoms with Gasteiger partial charge >= 0.3 is 0 Å². The van der Waals surface area contributed by atoms with Gasteiger partial charge in [0.1, 0.15) is 5.82 Å². The maximum atomic E-state index is 13.2. The first-order valence-electron chi connectivity index (χ1n) is 9.37. The largest absolute Gasteiger partial charge is 0.340 e. The lowest BCUT2D eigenvalue weighted by Crippen LogP contribution is -2.28. The van der Waals surface area contributed by atoms with E-state index in [2.05, 4.69) is 9.97 Å². The molecule has 30 heavy (non-hydrogen) atoms. The van der Waals surface area contributed by atoms with E-state index in [4.69, 9.17) is 0 Å². The summed E-state index contributed by atoms with van der Waals surface area (Å²) in [5.74, 6) is 0.651. The van der Waals surface area contributed by atoms with E-state index in [1.807, 2.05) is 48.7 Å². The Morgan fingerprint density at radius 2 is 2.03 bits per heavy atom. The third-order valence-electron chi connectivity index (χ3n) is 4.60. The van der Waals surface area contributed by atoms with Crippen molar-refractivity contribution in [1.29, 1.82) is 0 Å². The highest BCUT2D eigenvalue weighted by molar-refractivity contribution is 7.99. The maximum absolute atomic E-state index is 13.2. The highest BCUT2D eigenvalue weighted by Gasteiger charge is 2.17. The van der Waals surface area contributed by atoms with Gasteiger partial charge in [-0.15, -0.1) is 11.3 Å². The van der Waals surface area contributed by atoms with E-state index >= 15 is 0 Å². The summed E-state index contributed by atoms with van der Waals surface area (Å²) >= 11 is 2.87. The molecule has 0 fully saturated rings. The third-order valence-corrected chi connectivity index (χ3v) is 6.38. The van der Waals surface area contributed by atoms with Gasteiger partial charge in [0.25, 0.3) is 5.56 Å². The minimum Gasteiger partial charge on any atom is -0.340 e. The highest BCUT2D eigenvalue weighted by atomic mass is 32.2. The van der Waals surface area contributed by atoms with E-state index in [-0.39, 0.29) is 17.2 Å². The molecule has 4 rings (SSSR count). The average Bonchev–Trinajstić information content (AvgIpc) is 3.25. The fourth-order valence-electron chi connectivity index (χ4n) is 3.01. The molecule has 0 N–H and O–H groups in total.